The first-order valence-corrected chi connectivity index (χ1v) is 6.00. The second-order valence-corrected chi connectivity index (χ2v) is 4.03. The number of hydrogen-bond acceptors (Lipinski definition) is 3. The summed E-state index contributed by atoms with van der Waals surface area (Å²) in [6, 6.07) is 0. The maximum absolute atomic E-state index is 5.49. The van der Waals surface area contributed by atoms with Gasteiger partial charge in [-0.15, -0.1) is 0 Å². The summed E-state index contributed by atoms with van der Waals surface area (Å²) in [6.07, 6.45) is 4.96. The summed E-state index contributed by atoms with van der Waals surface area (Å²) >= 11 is 0. The van der Waals surface area contributed by atoms with E-state index in [1.807, 2.05) is 0 Å². The fourth-order valence-corrected chi connectivity index (χ4v) is 1.95. The highest BCUT2D eigenvalue weighted by atomic mass is 28.2. The first-order chi connectivity index (χ1) is 6.26. The maximum Gasteiger partial charge on any atom is 0.146 e. The van der Waals surface area contributed by atoms with Crippen molar-refractivity contribution in [1.82, 2.24) is 0 Å². The van der Waals surface area contributed by atoms with Crippen LogP contribution in [0.1, 0.15) is 32.6 Å². The Morgan fingerprint density at radius 3 is 1.92 bits per heavy atom. The first kappa shape index (κ1) is 13.1. The second kappa shape index (κ2) is 8.68. The van der Waals surface area contributed by atoms with Gasteiger partial charge in [0.25, 0.3) is 0 Å². The predicted molar refractivity (Wildman–Crippen MR) is 60.6 cm³/mol. The standard InChI is InChI=1S/C9H24N2OSi/c1-8(12-13)9(4-2-6-10)5-3-7-11/h8-9H,2-7,10-11H2,1,13H3. The summed E-state index contributed by atoms with van der Waals surface area (Å²) in [5, 5.41) is 0. The lowest BCUT2D eigenvalue weighted by Gasteiger charge is -2.22. The van der Waals surface area contributed by atoms with E-state index < -0.39 is 0 Å². The van der Waals surface area contributed by atoms with Crippen molar-refractivity contribution >= 4 is 10.5 Å². The molecule has 80 valence electrons. The molecule has 13 heavy (non-hydrogen) atoms. The van der Waals surface area contributed by atoms with Crippen molar-refractivity contribution in [1.29, 1.82) is 0 Å². The summed E-state index contributed by atoms with van der Waals surface area (Å²) < 4.78 is 5.46. The van der Waals surface area contributed by atoms with Gasteiger partial charge in [0.2, 0.25) is 0 Å². The highest BCUT2D eigenvalue weighted by molar-refractivity contribution is 5.98. The number of nitrogens with two attached hydrogens (primary N) is 2. The van der Waals surface area contributed by atoms with Gasteiger partial charge in [0.15, 0.2) is 0 Å². The van der Waals surface area contributed by atoms with Crippen LogP contribution in [-0.2, 0) is 4.43 Å². The minimum Gasteiger partial charge on any atom is -0.425 e. The average Bonchev–Trinajstić information content (AvgIpc) is 2.17. The molecule has 0 spiro atoms. The zero-order valence-corrected chi connectivity index (χ0v) is 11.0. The molecule has 0 aromatic heterocycles. The third kappa shape index (κ3) is 6.21. The van der Waals surface area contributed by atoms with E-state index in [0.717, 1.165) is 36.4 Å². The topological polar surface area (TPSA) is 61.3 Å². The van der Waals surface area contributed by atoms with Crippen molar-refractivity contribution in [2.45, 2.75) is 38.7 Å². The van der Waals surface area contributed by atoms with Gasteiger partial charge in [-0.2, -0.15) is 0 Å². The maximum atomic E-state index is 5.49. The predicted octanol–water partition coefficient (Wildman–Crippen LogP) is -0.234. The molecule has 0 amide bonds. The van der Waals surface area contributed by atoms with Gasteiger partial charge >= 0.3 is 0 Å². The molecule has 1 unspecified atom stereocenters. The van der Waals surface area contributed by atoms with Gasteiger partial charge in [-0.05, 0) is 51.6 Å². The van der Waals surface area contributed by atoms with Gasteiger partial charge in [-0.1, -0.05) is 0 Å². The Morgan fingerprint density at radius 1 is 1.15 bits per heavy atom. The van der Waals surface area contributed by atoms with Gasteiger partial charge in [-0.3, -0.25) is 0 Å². The van der Waals surface area contributed by atoms with E-state index in [9.17, 15) is 0 Å². The Hall–Kier alpha value is 0.0969. The number of rotatable bonds is 8. The second-order valence-electron chi connectivity index (χ2n) is 3.56. The third-order valence-corrected chi connectivity index (χ3v) is 3.34. The molecule has 0 aliphatic heterocycles. The smallest absolute Gasteiger partial charge is 0.146 e. The van der Waals surface area contributed by atoms with Gasteiger partial charge in [0.05, 0.1) is 0 Å². The van der Waals surface area contributed by atoms with Crippen molar-refractivity contribution < 1.29 is 4.43 Å². The van der Waals surface area contributed by atoms with Crippen molar-refractivity contribution in [3.8, 4) is 0 Å². The van der Waals surface area contributed by atoms with E-state index >= 15 is 0 Å². The van der Waals surface area contributed by atoms with Crippen molar-refractivity contribution in [3.63, 3.8) is 0 Å². The molecule has 0 fully saturated rings. The summed E-state index contributed by atoms with van der Waals surface area (Å²) in [5.41, 5.74) is 11.0. The van der Waals surface area contributed by atoms with Gasteiger partial charge in [0.1, 0.15) is 10.5 Å². The van der Waals surface area contributed by atoms with Crippen LogP contribution in [0.3, 0.4) is 0 Å². The lowest BCUT2D eigenvalue weighted by atomic mass is 9.93. The van der Waals surface area contributed by atoms with Crippen LogP contribution in [0.5, 0.6) is 0 Å². The third-order valence-electron chi connectivity index (χ3n) is 2.59. The summed E-state index contributed by atoms with van der Waals surface area (Å²) in [5.74, 6) is 0.657. The molecule has 4 N–H and O–H groups in total. The van der Waals surface area contributed by atoms with Crippen molar-refractivity contribution in [2.24, 2.45) is 17.4 Å². The Morgan fingerprint density at radius 2 is 1.62 bits per heavy atom. The molecule has 3 nitrogen and oxygen atoms in total. The molecule has 0 bridgehead atoms. The zero-order chi connectivity index (χ0) is 10.1. The number of hydrogen-bond donors (Lipinski definition) is 2. The molecule has 1 atom stereocenters. The fourth-order valence-electron chi connectivity index (χ4n) is 1.57. The molecule has 0 radical (unpaired) electrons. The Labute approximate surface area is 84.7 Å². The summed E-state index contributed by atoms with van der Waals surface area (Å²) in [6.45, 7) is 3.73. The van der Waals surface area contributed by atoms with Crippen LogP contribution in [0.15, 0.2) is 0 Å². The van der Waals surface area contributed by atoms with Gasteiger partial charge < -0.3 is 15.9 Å². The van der Waals surface area contributed by atoms with E-state index in [1.165, 1.54) is 12.8 Å². The Kier molecular flexibility index (Phi) is 8.75. The monoisotopic (exact) mass is 204 g/mol. The van der Waals surface area contributed by atoms with E-state index in [4.69, 9.17) is 15.9 Å². The molecule has 0 saturated carbocycles. The average molecular weight is 204 g/mol. The minimum absolute atomic E-state index is 0.393. The van der Waals surface area contributed by atoms with Gasteiger partial charge in [-0.25, -0.2) is 0 Å². The fraction of sp³-hybridized carbons (Fsp3) is 1.00. The van der Waals surface area contributed by atoms with E-state index in [2.05, 4.69) is 6.92 Å². The van der Waals surface area contributed by atoms with Crippen LogP contribution in [0.4, 0.5) is 0 Å². The van der Waals surface area contributed by atoms with Crippen molar-refractivity contribution in [2.75, 3.05) is 13.1 Å². The molecule has 0 aromatic rings. The summed E-state index contributed by atoms with van der Waals surface area (Å²) in [7, 11) is 0.825. The first-order valence-electron chi connectivity index (χ1n) is 5.19. The largest absolute Gasteiger partial charge is 0.425 e. The zero-order valence-electron chi connectivity index (χ0n) is 8.96. The molecule has 0 aliphatic rings. The Balaban J connectivity index is 3.72. The lowest BCUT2D eigenvalue weighted by molar-refractivity contribution is 0.149. The molecule has 0 aromatic carbocycles. The van der Waals surface area contributed by atoms with Gasteiger partial charge in [0, 0.05) is 6.10 Å². The quantitative estimate of drug-likeness (QED) is 0.537. The Bertz CT molecular complexity index is 106. The van der Waals surface area contributed by atoms with Crippen LogP contribution in [0.25, 0.3) is 0 Å². The molecule has 0 rings (SSSR count). The van der Waals surface area contributed by atoms with Crippen LogP contribution in [0, 0.1) is 5.92 Å². The van der Waals surface area contributed by atoms with E-state index in [-0.39, 0.29) is 0 Å². The SMILES string of the molecule is CC(O[SiH3])C(CCCN)CCCN. The van der Waals surface area contributed by atoms with Crippen molar-refractivity contribution in [3.05, 3.63) is 0 Å². The van der Waals surface area contributed by atoms with Crippen LogP contribution in [0.2, 0.25) is 0 Å². The molecule has 0 saturated heterocycles. The normalized spacial score (nSPS) is 13.8. The lowest BCUT2D eigenvalue weighted by Crippen LogP contribution is -2.21. The minimum atomic E-state index is 0.393. The molecule has 0 heterocycles. The van der Waals surface area contributed by atoms with E-state index in [1.54, 1.807) is 0 Å². The van der Waals surface area contributed by atoms with Crippen LogP contribution < -0.4 is 11.5 Å². The van der Waals surface area contributed by atoms with E-state index in [0.29, 0.717) is 12.0 Å². The van der Waals surface area contributed by atoms with Crippen LogP contribution >= 0.6 is 0 Å². The highest BCUT2D eigenvalue weighted by Crippen LogP contribution is 2.18. The molecule has 4 heteroatoms. The molecule has 0 aliphatic carbocycles. The highest BCUT2D eigenvalue weighted by Gasteiger charge is 2.14. The molecular weight excluding hydrogens is 180 g/mol. The summed E-state index contributed by atoms with van der Waals surface area (Å²) in [4.78, 5) is 0. The van der Waals surface area contributed by atoms with Crippen LogP contribution in [-0.4, -0.2) is 29.7 Å². The molecular formula is C9H24N2OSi.